The van der Waals surface area contributed by atoms with Gasteiger partial charge in [-0.1, -0.05) is 32.0 Å². The molecular weight excluding hydrogens is 422 g/mol. The monoisotopic (exact) mass is 451 g/mol. The summed E-state index contributed by atoms with van der Waals surface area (Å²) in [4.78, 5) is 42.7. The van der Waals surface area contributed by atoms with E-state index < -0.39 is 6.17 Å². The zero-order chi connectivity index (χ0) is 23.7. The minimum absolute atomic E-state index is 0.120. The van der Waals surface area contributed by atoms with Crippen molar-refractivity contribution in [1.82, 2.24) is 10.2 Å². The topological polar surface area (TPSA) is 88.2 Å². The minimum Gasteiger partial charge on any atom is -0.493 e. The fraction of sp³-hybridized carbons (Fsp3) is 0.400. The van der Waals surface area contributed by atoms with Crippen LogP contribution in [-0.2, 0) is 4.79 Å². The van der Waals surface area contributed by atoms with Crippen LogP contribution in [0.15, 0.2) is 36.4 Å². The molecule has 0 saturated carbocycles. The number of amides is 3. The number of anilines is 1. The summed E-state index contributed by atoms with van der Waals surface area (Å²) in [5, 5.41) is 2.91. The Morgan fingerprint density at radius 1 is 1.06 bits per heavy atom. The number of nitrogens with zero attached hydrogens (tertiary/aromatic N) is 2. The summed E-state index contributed by atoms with van der Waals surface area (Å²) in [6.07, 6.45) is 0.382. The van der Waals surface area contributed by atoms with Gasteiger partial charge in [0.25, 0.3) is 11.8 Å². The summed E-state index contributed by atoms with van der Waals surface area (Å²) >= 11 is 0. The zero-order valence-electron chi connectivity index (χ0n) is 19.4. The van der Waals surface area contributed by atoms with Gasteiger partial charge in [-0.05, 0) is 30.5 Å². The first-order valence-corrected chi connectivity index (χ1v) is 11.1. The maximum atomic E-state index is 13.6. The summed E-state index contributed by atoms with van der Waals surface area (Å²) in [7, 11) is 3.00. The average Bonchev–Trinajstić information content (AvgIpc) is 3.10. The van der Waals surface area contributed by atoms with E-state index in [1.165, 1.54) is 14.2 Å². The second-order valence-corrected chi connectivity index (χ2v) is 8.61. The lowest BCUT2D eigenvalue weighted by Crippen LogP contribution is -2.49. The Labute approximate surface area is 193 Å². The Bertz CT molecular complexity index is 1100. The predicted molar refractivity (Wildman–Crippen MR) is 124 cm³/mol. The van der Waals surface area contributed by atoms with Gasteiger partial charge in [0.15, 0.2) is 11.5 Å². The number of nitrogens with one attached hydrogen (secondary N) is 1. The predicted octanol–water partition coefficient (Wildman–Crippen LogP) is 3.37. The lowest BCUT2D eigenvalue weighted by molar-refractivity contribution is -0.121. The van der Waals surface area contributed by atoms with Crippen molar-refractivity contribution in [3.05, 3.63) is 53.1 Å². The van der Waals surface area contributed by atoms with Gasteiger partial charge in [-0.3, -0.25) is 19.3 Å². The van der Waals surface area contributed by atoms with Gasteiger partial charge in [0.1, 0.15) is 6.17 Å². The first-order valence-electron chi connectivity index (χ1n) is 11.1. The van der Waals surface area contributed by atoms with E-state index in [4.69, 9.17) is 9.47 Å². The zero-order valence-corrected chi connectivity index (χ0v) is 19.4. The molecule has 2 aliphatic rings. The Morgan fingerprint density at radius 2 is 1.82 bits per heavy atom. The molecule has 1 unspecified atom stereocenters. The van der Waals surface area contributed by atoms with Gasteiger partial charge in [0.2, 0.25) is 5.91 Å². The van der Waals surface area contributed by atoms with Crippen molar-refractivity contribution >= 4 is 23.4 Å². The van der Waals surface area contributed by atoms with Crippen molar-refractivity contribution in [2.45, 2.75) is 32.9 Å². The van der Waals surface area contributed by atoms with Gasteiger partial charge < -0.3 is 19.7 Å². The van der Waals surface area contributed by atoms with Crippen LogP contribution in [0.1, 0.15) is 59.1 Å². The minimum atomic E-state index is -0.654. The molecule has 8 nitrogen and oxygen atoms in total. The van der Waals surface area contributed by atoms with E-state index >= 15 is 0 Å². The number of hydrogen-bond donors (Lipinski definition) is 1. The molecule has 2 heterocycles. The summed E-state index contributed by atoms with van der Waals surface area (Å²) in [5.74, 6) is 0.679. The Balaban J connectivity index is 1.70. The third-order valence-electron chi connectivity index (χ3n) is 6.11. The molecule has 1 atom stereocenters. The van der Waals surface area contributed by atoms with Gasteiger partial charge in [0.05, 0.1) is 31.0 Å². The Hall–Kier alpha value is -3.55. The number of carbonyl (C=O) groups is 3. The van der Waals surface area contributed by atoms with E-state index in [-0.39, 0.29) is 30.7 Å². The van der Waals surface area contributed by atoms with Gasteiger partial charge >= 0.3 is 0 Å². The number of para-hydroxylation sites is 1. The molecule has 2 aliphatic heterocycles. The molecule has 0 fully saturated rings. The molecule has 0 radical (unpaired) electrons. The number of methoxy groups -OCH3 is 2. The van der Waals surface area contributed by atoms with Crippen LogP contribution in [0.5, 0.6) is 11.5 Å². The number of hydrogen-bond acceptors (Lipinski definition) is 5. The summed E-state index contributed by atoms with van der Waals surface area (Å²) in [6.45, 7) is 4.98. The molecule has 1 N–H and O–H groups in total. The first-order chi connectivity index (χ1) is 15.9. The highest BCUT2D eigenvalue weighted by molar-refractivity contribution is 6.18. The summed E-state index contributed by atoms with van der Waals surface area (Å²) < 4.78 is 10.9. The highest BCUT2D eigenvalue weighted by Gasteiger charge is 2.49. The highest BCUT2D eigenvalue weighted by atomic mass is 16.5. The standard InChI is InChI=1S/C25H29N3O5/c1-15(2)11-13-26-20(29)12-14-27-23-17-9-10-19(32-3)22(33-4)21(17)25(31)28(23)18-8-6-5-7-16(18)24(27)30/h5-10,15,23H,11-14H2,1-4H3,(H,26,29). The van der Waals surface area contributed by atoms with Crippen LogP contribution in [0.2, 0.25) is 0 Å². The third-order valence-corrected chi connectivity index (χ3v) is 6.11. The van der Waals surface area contributed by atoms with Gasteiger partial charge in [-0.2, -0.15) is 0 Å². The summed E-state index contributed by atoms with van der Waals surface area (Å²) in [6, 6.07) is 10.6. The molecule has 3 amide bonds. The smallest absolute Gasteiger partial charge is 0.264 e. The number of ether oxygens (including phenoxy) is 2. The van der Waals surface area contributed by atoms with Crippen LogP contribution in [0.3, 0.4) is 0 Å². The maximum Gasteiger partial charge on any atom is 0.264 e. The Morgan fingerprint density at radius 3 is 2.52 bits per heavy atom. The van der Waals surface area contributed by atoms with E-state index in [2.05, 4.69) is 19.2 Å². The van der Waals surface area contributed by atoms with Crippen LogP contribution in [-0.4, -0.2) is 49.9 Å². The molecule has 0 saturated heterocycles. The van der Waals surface area contributed by atoms with Crippen LogP contribution in [0.4, 0.5) is 5.69 Å². The third kappa shape index (κ3) is 3.90. The molecule has 2 aromatic carbocycles. The van der Waals surface area contributed by atoms with Crippen molar-refractivity contribution in [1.29, 1.82) is 0 Å². The van der Waals surface area contributed by atoms with Crippen molar-refractivity contribution in [2.24, 2.45) is 5.92 Å². The van der Waals surface area contributed by atoms with Crippen LogP contribution < -0.4 is 19.7 Å². The molecule has 8 heteroatoms. The highest BCUT2D eigenvalue weighted by Crippen LogP contribution is 2.49. The van der Waals surface area contributed by atoms with Crippen LogP contribution in [0.25, 0.3) is 0 Å². The average molecular weight is 452 g/mol. The van der Waals surface area contributed by atoms with E-state index in [1.807, 2.05) is 0 Å². The molecule has 2 aromatic rings. The Kier molecular flexibility index (Phi) is 6.26. The number of carbonyl (C=O) groups excluding carboxylic acids is 3. The second kappa shape index (κ2) is 9.13. The molecule has 4 rings (SSSR count). The van der Waals surface area contributed by atoms with Crippen LogP contribution in [0, 0.1) is 5.92 Å². The van der Waals surface area contributed by atoms with Crippen molar-refractivity contribution in [2.75, 3.05) is 32.2 Å². The molecule has 174 valence electrons. The largest absolute Gasteiger partial charge is 0.493 e. The number of benzene rings is 2. The molecule has 0 aromatic heterocycles. The van der Waals surface area contributed by atoms with Crippen molar-refractivity contribution in [3.63, 3.8) is 0 Å². The number of fused-ring (bicyclic) bond motifs is 5. The van der Waals surface area contributed by atoms with Gasteiger partial charge in [0, 0.05) is 25.1 Å². The second-order valence-electron chi connectivity index (χ2n) is 8.61. The maximum absolute atomic E-state index is 13.6. The molecular formula is C25H29N3O5. The first kappa shape index (κ1) is 22.6. The quantitative estimate of drug-likeness (QED) is 0.665. The van der Waals surface area contributed by atoms with E-state index in [1.54, 1.807) is 46.2 Å². The molecule has 0 aliphatic carbocycles. The van der Waals surface area contributed by atoms with E-state index in [0.29, 0.717) is 46.3 Å². The van der Waals surface area contributed by atoms with Crippen LogP contribution >= 0.6 is 0 Å². The van der Waals surface area contributed by atoms with Gasteiger partial charge in [-0.25, -0.2) is 0 Å². The fourth-order valence-electron chi connectivity index (χ4n) is 4.46. The lowest BCUT2D eigenvalue weighted by Gasteiger charge is -2.40. The fourth-order valence-corrected chi connectivity index (χ4v) is 4.46. The normalized spacial score (nSPS) is 16.5. The lowest BCUT2D eigenvalue weighted by atomic mass is 10.0. The van der Waals surface area contributed by atoms with E-state index in [9.17, 15) is 14.4 Å². The SMILES string of the molecule is COc1ccc2c(c1OC)C(=O)N1c3ccccc3C(=O)N(CCC(=O)NCCC(C)C)C21. The molecule has 0 bridgehead atoms. The van der Waals surface area contributed by atoms with Crippen molar-refractivity contribution in [3.8, 4) is 11.5 Å². The molecule has 33 heavy (non-hydrogen) atoms. The summed E-state index contributed by atoms with van der Waals surface area (Å²) in [5.41, 5.74) is 2.01. The number of rotatable bonds is 8. The van der Waals surface area contributed by atoms with Crippen molar-refractivity contribution < 1.29 is 23.9 Å². The van der Waals surface area contributed by atoms with Gasteiger partial charge in [-0.15, -0.1) is 0 Å². The van der Waals surface area contributed by atoms with E-state index in [0.717, 1.165) is 6.42 Å². The molecule has 0 spiro atoms.